The van der Waals surface area contributed by atoms with E-state index in [4.69, 9.17) is 10.2 Å². The fourth-order valence-corrected chi connectivity index (χ4v) is 1.93. The van der Waals surface area contributed by atoms with Gasteiger partial charge in [0.25, 0.3) is 0 Å². The van der Waals surface area contributed by atoms with Gasteiger partial charge in [-0.05, 0) is 32.0 Å². The number of hydrogen-bond donors (Lipinski definition) is 2. The molecule has 0 aliphatic rings. The van der Waals surface area contributed by atoms with Crippen molar-refractivity contribution in [3.63, 3.8) is 0 Å². The summed E-state index contributed by atoms with van der Waals surface area (Å²) in [6.07, 6.45) is 3.23. The summed E-state index contributed by atoms with van der Waals surface area (Å²) in [6.45, 7) is 4.66. The lowest BCUT2D eigenvalue weighted by molar-refractivity contribution is 0.249. The zero-order valence-electron chi connectivity index (χ0n) is 10.9. The number of nitrogens with zero attached hydrogens (tertiary/aromatic N) is 2. The highest BCUT2D eigenvalue weighted by Gasteiger charge is 2.09. The minimum Gasteiger partial charge on any atom is -0.467 e. The quantitative estimate of drug-likeness (QED) is 0.648. The van der Waals surface area contributed by atoms with Crippen molar-refractivity contribution in [3.8, 4) is 0 Å². The monoisotopic (exact) mass is 260 g/mol. The first-order chi connectivity index (χ1) is 9.08. The number of furan rings is 1. The molecule has 0 bridgehead atoms. The molecule has 0 fully saturated rings. The SMILES string of the molecule is Cc1cc(C=NNC(N)=O)c(C)n1Cc1ccco1. The number of carbonyl (C=O) groups is 1. The highest BCUT2D eigenvalue weighted by Crippen LogP contribution is 2.15. The zero-order valence-corrected chi connectivity index (χ0v) is 10.9. The molecule has 0 saturated carbocycles. The largest absolute Gasteiger partial charge is 0.467 e. The van der Waals surface area contributed by atoms with Gasteiger partial charge >= 0.3 is 6.03 Å². The van der Waals surface area contributed by atoms with Crippen LogP contribution < -0.4 is 11.2 Å². The van der Waals surface area contributed by atoms with E-state index in [0.717, 1.165) is 22.7 Å². The average Bonchev–Trinajstić information content (AvgIpc) is 2.93. The number of nitrogens with two attached hydrogens (primary N) is 1. The molecule has 0 atom stereocenters. The van der Waals surface area contributed by atoms with Crippen molar-refractivity contribution < 1.29 is 9.21 Å². The number of primary amides is 1. The third-order valence-electron chi connectivity index (χ3n) is 2.89. The summed E-state index contributed by atoms with van der Waals surface area (Å²) >= 11 is 0. The van der Waals surface area contributed by atoms with E-state index in [1.165, 1.54) is 0 Å². The second kappa shape index (κ2) is 5.43. The van der Waals surface area contributed by atoms with Crippen molar-refractivity contribution in [2.45, 2.75) is 20.4 Å². The Labute approximate surface area is 110 Å². The Kier molecular flexibility index (Phi) is 3.70. The summed E-state index contributed by atoms with van der Waals surface area (Å²) in [5, 5.41) is 3.77. The van der Waals surface area contributed by atoms with E-state index in [0.29, 0.717) is 6.54 Å². The Morgan fingerprint density at radius 1 is 1.58 bits per heavy atom. The topological polar surface area (TPSA) is 85.5 Å². The predicted molar refractivity (Wildman–Crippen MR) is 72.0 cm³/mol. The van der Waals surface area contributed by atoms with Crippen LogP contribution in [0.3, 0.4) is 0 Å². The number of aryl methyl sites for hydroxylation is 1. The molecule has 6 nitrogen and oxygen atoms in total. The first-order valence-corrected chi connectivity index (χ1v) is 5.85. The Hall–Kier alpha value is -2.50. The van der Waals surface area contributed by atoms with Gasteiger partial charge < -0.3 is 14.7 Å². The highest BCUT2D eigenvalue weighted by atomic mass is 16.3. The molecule has 6 heteroatoms. The Morgan fingerprint density at radius 2 is 2.37 bits per heavy atom. The summed E-state index contributed by atoms with van der Waals surface area (Å²) in [6, 6.07) is 5.11. The van der Waals surface area contributed by atoms with Gasteiger partial charge in [0.15, 0.2) is 0 Å². The predicted octanol–water partition coefficient (Wildman–Crippen LogP) is 1.75. The molecule has 0 aliphatic heterocycles. The summed E-state index contributed by atoms with van der Waals surface area (Å²) < 4.78 is 7.46. The Balaban J connectivity index is 2.19. The van der Waals surface area contributed by atoms with Crippen molar-refractivity contribution in [1.82, 2.24) is 9.99 Å². The summed E-state index contributed by atoms with van der Waals surface area (Å²) in [5.41, 5.74) is 10.2. The minimum atomic E-state index is -0.680. The molecule has 0 saturated heterocycles. The average molecular weight is 260 g/mol. The van der Waals surface area contributed by atoms with Gasteiger partial charge in [-0.2, -0.15) is 5.10 Å². The van der Waals surface area contributed by atoms with Crippen molar-refractivity contribution in [2.75, 3.05) is 0 Å². The van der Waals surface area contributed by atoms with Crippen LogP contribution in [0.2, 0.25) is 0 Å². The highest BCUT2D eigenvalue weighted by molar-refractivity contribution is 5.83. The minimum absolute atomic E-state index is 0.668. The van der Waals surface area contributed by atoms with Crippen LogP contribution in [0.4, 0.5) is 4.79 Å². The molecule has 2 heterocycles. The van der Waals surface area contributed by atoms with Gasteiger partial charge in [0.1, 0.15) is 5.76 Å². The number of carbonyl (C=O) groups excluding carboxylic acids is 1. The molecular formula is C13H16N4O2. The lowest BCUT2D eigenvalue weighted by Gasteiger charge is -2.06. The first kappa shape index (κ1) is 12.9. The molecule has 2 amide bonds. The number of hydrogen-bond acceptors (Lipinski definition) is 3. The fraction of sp³-hybridized carbons (Fsp3) is 0.231. The third-order valence-corrected chi connectivity index (χ3v) is 2.89. The standard InChI is InChI=1S/C13H16N4O2/c1-9-6-11(7-15-16-13(14)18)10(2)17(9)8-12-4-3-5-19-12/h3-7H,8H2,1-2H3,(H3,14,16,18). The third kappa shape index (κ3) is 3.04. The van der Waals surface area contributed by atoms with E-state index < -0.39 is 6.03 Å². The van der Waals surface area contributed by atoms with Crippen molar-refractivity contribution in [1.29, 1.82) is 0 Å². The fourth-order valence-electron chi connectivity index (χ4n) is 1.93. The van der Waals surface area contributed by atoms with Crippen molar-refractivity contribution in [2.24, 2.45) is 10.8 Å². The number of hydrazone groups is 1. The molecule has 0 aliphatic carbocycles. The van der Waals surface area contributed by atoms with Gasteiger partial charge in [-0.15, -0.1) is 0 Å². The molecule has 2 rings (SSSR count). The normalized spacial score (nSPS) is 11.1. The maximum absolute atomic E-state index is 10.5. The van der Waals surface area contributed by atoms with Gasteiger partial charge in [0, 0.05) is 17.0 Å². The summed E-state index contributed by atoms with van der Waals surface area (Å²) in [5.74, 6) is 0.889. The number of urea groups is 1. The second-order valence-electron chi connectivity index (χ2n) is 4.23. The van der Waals surface area contributed by atoms with E-state index in [9.17, 15) is 4.79 Å². The molecule has 3 N–H and O–H groups in total. The van der Waals surface area contributed by atoms with E-state index >= 15 is 0 Å². The molecule has 0 aromatic carbocycles. The van der Waals surface area contributed by atoms with Crippen LogP contribution in [0.5, 0.6) is 0 Å². The van der Waals surface area contributed by atoms with E-state index in [1.54, 1.807) is 12.5 Å². The first-order valence-electron chi connectivity index (χ1n) is 5.85. The van der Waals surface area contributed by atoms with Crippen LogP contribution in [-0.2, 0) is 6.54 Å². The molecule has 0 spiro atoms. The van der Waals surface area contributed by atoms with Crippen LogP contribution in [-0.4, -0.2) is 16.8 Å². The van der Waals surface area contributed by atoms with Gasteiger partial charge in [0.2, 0.25) is 0 Å². The lowest BCUT2D eigenvalue weighted by Crippen LogP contribution is -2.24. The van der Waals surface area contributed by atoms with E-state index in [1.807, 2.05) is 32.0 Å². The van der Waals surface area contributed by atoms with Crippen LogP contribution in [0.15, 0.2) is 34.0 Å². The van der Waals surface area contributed by atoms with Crippen molar-refractivity contribution in [3.05, 3.63) is 47.2 Å². The van der Waals surface area contributed by atoms with Crippen LogP contribution in [0.25, 0.3) is 0 Å². The number of aromatic nitrogens is 1. The molecule has 2 aromatic heterocycles. The lowest BCUT2D eigenvalue weighted by atomic mass is 10.3. The Bertz CT molecular complexity index is 596. The molecule has 100 valence electrons. The van der Waals surface area contributed by atoms with Gasteiger partial charge in [0.05, 0.1) is 19.0 Å². The van der Waals surface area contributed by atoms with E-state index in [2.05, 4.69) is 15.1 Å². The van der Waals surface area contributed by atoms with Crippen LogP contribution >= 0.6 is 0 Å². The molecule has 0 radical (unpaired) electrons. The number of nitrogens with one attached hydrogen (secondary N) is 1. The van der Waals surface area contributed by atoms with Gasteiger partial charge in [-0.25, -0.2) is 10.2 Å². The molecular weight excluding hydrogens is 244 g/mol. The Morgan fingerprint density at radius 3 is 3.00 bits per heavy atom. The summed E-state index contributed by atoms with van der Waals surface area (Å²) in [4.78, 5) is 10.5. The molecule has 0 unspecified atom stereocenters. The molecule has 19 heavy (non-hydrogen) atoms. The van der Waals surface area contributed by atoms with Gasteiger partial charge in [-0.1, -0.05) is 0 Å². The van der Waals surface area contributed by atoms with Crippen LogP contribution in [0, 0.1) is 13.8 Å². The van der Waals surface area contributed by atoms with Crippen molar-refractivity contribution >= 4 is 12.2 Å². The molecule has 2 aromatic rings. The maximum Gasteiger partial charge on any atom is 0.332 e. The van der Waals surface area contributed by atoms with Gasteiger partial charge in [-0.3, -0.25) is 0 Å². The number of rotatable bonds is 4. The summed E-state index contributed by atoms with van der Waals surface area (Å²) in [7, 11) is 0. The van der Waals surface area contributed by atoms with E-state index in [-0.39, 0.29) is 0 Å². The maximum atomic E-state index is 10.5. The smallest absolute Gasteiger partial charge is 0.332 e. The zero-order chi connectivity index (χ0) is 13.8. The number of amides is 2. The van der Waals surface area contributed by atoms with Crippen LogP contribution in [0.1, 0.15) is 22.7 Å². The second-order valence-corrected chi connectivity index (χ2v) is 4.23.